The molecule has 6 atom stereocenters. The standard InChI is InChI=1S/C28H32ClF3N2O6S/c1-14-6-17-8-19(11-20(14)28(17,37)12-25(35)33-15(2)13-40-3)41(38,39)24-7-16(4-5-21(24)29)27(36)34-18-9-22(30)26(32)23(31)10-18/h4-5,7,9-10,14-15,17,19-20,37H,6,8,11-13H2,1-3H3,(H,33,35)(H,34,36)/t14-,15+,17?,19+,20?,28+/m0/s1. The van der Waals surface area contributed by atoms with E-state index in [1.54, 1.807) is 6.92 Å². The van der Waals surface area contributed by atoms with Gasteiger partial charge in [-0.1, -0.05) is 18.5 Å². The Morgan fingerprint density at radius 2 is 1.80 bits per heavy atom. The van der Waals surface area contributed by atoms with Gasteiger partial charge in [0.15, 0.2) is 27.3 Å². The fraction of sp³-hybridized carbons (Fsp3) is 0.500. The maximum atomic E-state index is 13.8. The number of fused-ring (bicyclic) bond motifs is 2. The zero-order valence-corrected chi connectivity index (χ0v) is 24.3. The molecule has 0 aliphatic heterocycles. The van der Waals surface area contributed by atoms with Crippen LogP contribution in [0.5, 0.6) is 0 Å². The summed E-state index contributed by atoms with van der Waals surface area (Å²) in [5.41, 5.74) is -1.87. The summed E-state index contributed by atoms with van der Waals surface area (Å²) < 4.78 is 73.1. The largest absolute Gasteiger partial charge is 0.389 e. The lowest BCUT2D eigenvalue weighted by molar-refractivity contribution is -0.134. The van der Waals surface area contributed by atoms with E-state index in [1.165, 1.54) is 19.2 Å². The Hall–Kier alpha value is -2.67. The van der Waals surface area contributed by atoms with Gasteiger partial charge in [0.25, 0.3) is 5.91 Å². The lowest BCUT2D eigenvalue weighted by Gasteiger charge is -2.43. The number of sulfone groups is 1. The second kappa shape index (κ2) is 11.9. The molecule has 3 N–H and O–H groups in total. The van der Waals surface area contributed by atoms with Crippen LogP contribution in [0.3, 0.4) is 0 Å². The van der Waals surface area contributed by atoms with Gasteiger partial charge in [-0.25, -0.2) is 21.6 Å². The summed E-state index contributed by atoms with van der Waals surface area (Å²) in [5, 5.41) is 15.6. The molecule has 2 amide bonds. The van der Waals surface area contributed by atoms with Crippen LogP contribution in [-0.4, -0.2) is 55.9 Å². The van der Waals surface area contributed by atoms with Crippen LogP contribution in [0.2, 0.25) is 5.02 Å². The van der Waals surface area contributed by atoms with E-state index in [1.807, 2.05) is 6.92 Å². The van der Waals surface area contributed by atoms with E-state index >= 15 is 0 Å². The first-order chi connectivity index (χ1) is 19.2. The van der Waals surface area contributed by atoms with Crippen molar-refractivity contribution in [1.82, 2.24) is 5.32 Å². The molecule has 41 heavy (non-hydrogen) atoms. The number of hydrogen-bond acceptors (Lipinski definition) is 6. The third-order valence-corrected chi connectivity index (χ3v) is 10.9. The van der Waals surface area contributed by atoms with Crippen molar-refractivity contribution < 1.29 is 41.0 Å². The van der Waals surface area contributed by atoms with Crippen molar-refractivity contribution in [3.05, 3.63) is 58.4 Å². The first kappa shape index (κ1) is 31.3. The molecule has 0 saturated heterocycles. The minimum absolute atomic E-state index is 0.0292. The third-order valence-electron chi connectivity index (χ3n) is 8.20. The van der Waals surface area contributed by atoms with Gasteiger partial charge < -0.3 is 20.5 Å². The van der Waals surface area contributed by atoms with Gasteiger partial charge in [0.2, 0.25) is 5.91 Å². The van der Waals surface area contributed by atoms with Crippen molar-refractivity contribution in [2.75, 3.05) is 19.0 Å². The van der Waals surface area contributed by atoms with Crippen LogP contribution in [0.25, 0.3) is 0 Å². The van der Waals surface area contributed by atoms with Crippen LogP contribution in [0.1, 0.15) is 49.9 Å². The smallest absolute Gasteiger partial charge is 0.255 e. The zero-order valence-electron chi connectivity index (χ0n) is 22.7. The minimum atomic E-state index is -4.10. The van der Waals surface area contributed by atoms with Crippen molar-refractivity contribution in [2.45, 2.75) is 61.3 Å². The third kappa shape index (κ3) is 6.25. The molecule has 4 rings (SSSR count). The number of amides is 2. The fourth-order valence-electron chi connectivity index (χ4n) is 6.32. The van der Waals surface area contributed by atoms with Crippen LogP contribution < -0.4 is 10.6 Å². The molecular formula is C28H32ClF3N2O6S. The van der Waals surface area contributed by atoms with E-state index in [2.05, 4.69) is 10.6 Å². The Bertz CT molecular complexity index is 1440. The maximum Gasteiger partial charge on any atom is 0.255 e. The van der Waals surface area contributed by atoms with E-state index in [0.717, 1.165) is 6.07 Å². The summed E-state index contributed by atoms with van der Waals surface area (Å²) in [7, 11) is -2.59. The quantitative estimate of drug-likeness (QED) is 0.357. The van der Waals surface area contributed by atoms with Crippen molar-refractivity contribution in [3.63, 3.8) is 0 Å². The van der Waals surface area contributed by atoms with Crippen LogP contribution >= 0.6 is 11.6 Å². The lowest BCUT2D eigenvalue weighted by atomic mass is 9.71. The van der Waals surface area contributed by atoms with Crippen LogP contribution in [0.15, 0.2) is 35.2 Å². The molecule has 2 bridgehead atoms. The Morgan fingerprint density at radius 1 is 1.15 bits per heavy atom. The molecule has 2 aliphatic rings. The highest BCUT2D eigenvalue weighted by Crippen LogP contribution is 2.56. The van der Waals surface area contributed by atoms with Crippen LogP contribution in [-0.2, 0) is 19.4 Å². The molecule has 0 heterocycles. The van der Waals surface area contributed by atoms with Gasteiger partial charge in [0.1, 0.15) is 0 Å². The number of nitrogens with one attached hydrogen (secondary N) is 2. The molecule has 2 fully saturated rings. The molecule has 2 saturated carbocycles. The Morgan fingerprint density at radius 3 is 2.41 bits per heavy atom. The van der Waals surface area contributed by atoms with E-state index < -0.39 is 55.9 Å². The fourth-order valence-corrected chi connectivity index (χ4v) is 8.70. The molecular weight excluding hydrogens is 585 g/mol. The molecule has 8 nitrogen and oxygen atoms in total. The van der Waals surface area contributed by atoms with E-state index in [4.69, 9.17) is 16.3 Å². The van der Waals surface area contributed by atoms with E-state index in [0.29, 0.717) is 25.2 Å². The number of aliphatic hydroxyl groups is 1. The molecule has 2 aliphatic carbocycles. The van der Waals surface area contributed by atoms with E-state index in [9.17, 15) is 36.3 Å². The normalized spacial score (nSPS) is 26.4. The van der Waals surface area contributed by atoms with Crippen molar-refractivity contribution >= 4 is 38.9 Å². The van der Waals surface area contributed by atoms with Gasteiger partial charge in [-0.05, 0) is 62.1 Å². The molecule has 224 valence electrons. The van der Waals surface area contributed by atoms with Crippen LogP contribution in [0.4, 0.5) is 18.9 Å². The predicted molar refractivity (Wildman–Crippen MR) is 146 cm³/mol. The molecule has 0 aromatic heterocycles. The molecule has 2 aromatic rings. The number of methoxy groups -OCH3 is 1. The Labute approximate surface area is 241 Å². The zero-order chi connectivity index (χ0) is 30.3. The minimum Gasteiger partial charge on any atom is -0.389 e. The summed E-state index contributed by atoms with van der Waals surface area (Å²) in [4.78, 5) is 25.2. The highest BCUT2D eigenvalue weighted by molar-refractivity contribution is 7.92. The van der Waals surface area contributed by atoms with Gasteiger partial charge in [0, 0.05) is 36.5 Å². The lowest BCUT2D eigenvalue weighted by Crippen LogP contribution is -2.52. The van der Waals surface area contributed by atoms with Gasteiger partial charge in [-0.3, -0.25) is 9.59 Å². The Balaban J connectivity index is 1.54. The summed E-state index contributed by atoms with van der Waals surface area (Å²) in [6, 6.07) is 4.51. The second-order valence-electron chi connectivity index (χ2n) is 11.1. The molecule has 2 aromatic carbocycles. The van der Waals surface area contributed by atoms with Crippen molar-refractivity contribution in [3.8, 4) is 0 Å². The highest BCUT2D eigenvalue weighted by Gasteiger charge is 2.59. The monoisotopic (exact) mass is 616 g/mol. The van der Waals surface area contributed by atoms with Gasteiger partial charge in [-0.2, -0.15) is 0 Å². The average molecular weight is 617 g/mol. The summed E-state index contributed by atoms with van der Waals surface area (Å²) in [6.45, 7) is 4.01. The highest BCUT2D eigenvalue weighted by atomic mass is 35.5. The molecule has 2 unspecified atom stereocenters. The number of ether oxygens (including phenoxy) is 1. The average Bonchev–Trinajstić information content (AvgIpc) is 3.00. The maximum absolute atomic E-state index is 13.8. The summed E-state index contributed by atoms with van der Waals surface area (Å²) in [6.07, 6.45) is 0.587. The number of benzene rings is 2. The van der Waals surface area contributed by atoms with Crippen LogP contribution in [0, 0.1) is 35.2 Å². The first-order valence-electron chi connectivity index (χ1n) is 13.2. The SMILES string of the molecule is COC[C@@H](C)NC(=O)C[C@@]1(O)C2C[C@@H](S(=O)(=O)c3cc(C(=O)Nc4cc(F)c(F)c(F)c4)ccc3Cl)CC1[C@@H](C)C2. The van der Waals surface area contributed by atoms with Crippen molar-refractivity contribution in [2.24, 2.45) is 17.8 Å². The molecule has 0 radical (unpaired) electrons. The van der Waals surface area contributed by atoms with Gasteiger partial charge >= 0.3 is 0 Å². The predicted octanol–water partition coefficient (Wildman–Crippen LogP) is 4.49. The van der Waals surface area contributed by atoms with E-state index in [-0.39, 0.29) is 58.3 Å². The number of halogens is 4. The summed E-state index contributed by atoms with van der Waals surface area (Å²) >= 11 is 6.28. The number of hydrogen-bond donors (Lipinski definition) is 3. The van der Waals surface area contributed by atoms with Gasteiger partial charge in [0.05, 0.1) is 33.8 Å². The molecule has 13 heteroatoms. The van der Waals surface area contributed by atoms with Crippen molar-refractivity contribution in [1.29, 1.82) is 0 Å². The first-order valence-corrected chi connectivity index (χ1v) is 15.1. The number of carbonyl (C=O) groups is 2. The number of anilines is 1. The molecule has 0 spiro atoms. The topological polar surface area (TPSA) is 122 Å². The number of carbonyl (C=O) groups excluding carboxylic acids is 2. The summed E-state index contributed by atoms with van der Waals surface area (Å²) in [5.74, 6) is -6.85. The van der Waals surface area contributed by atoms with Gasteiger partial charge in [-0.15, -0.1) is 0 Å². The second-order valence-corrected chi connectivity index (χ2v) is 13.7. The Kier molecular flexibility index (Phi) is 9.08. The number of rotatable bonds is 9.